The summed E-state index contributed by atoms with van der Waals surface area (Å²) in [6.07, 6.45) is 1.52. The van der Waals surface area contributed by atoms with Crippen molar-refractivity contribution in [3.8, 4) is 6.01 Å². The molecular weight excluding hydrogens is 258 g/mol. The fourth-order valence-corrected chi connectivity index (χ4v) is 2.33. The van der Waals surface area contributed by atoms with Gasteiger partial charge in [0.1, 0.15) is 5.02 Å². The molecule has 0 aliphatic carbocycles. The van der Waals surface area contributed by atoms with Gasteiger partial charge in [-0.1, -0.05) is 11.6 Å². The minimum absolute atomic E-state index is 0.305. The Morgan fingerprint density at radius 2 is 2.35 bits per heavy atom. The van der Waals surface area contributed by atoms with Crippen molar-refractivity contribution in [1.29, 1.82) is 0 Å². The molecule has 0 fully saturated rings. The molecule has 0 unspecified atom stereocenters. The monoisotopic (exact) mass is 269 g/mol. The summed E-state index contributed by atoms with van der Waals surface area (Å²) in [6, 6.07) is 2.39. The van der Waals surface area contributed by atoms with Crippen LogP contribution in [-0.4, -0.2) is 17.1 Å². The highest BCUT2D eigenvalue weighted by Gasteiger charge is 2.06. The minimum atomic E-state index is 0.305. The zero-order valence-corrected chi connectivity index (χ0v) is 11.1. The summed E-state index contributed by atoms with van der Waals surface area (Å²) in [5, 5.41) is 5.73. The minimum Gasteiger partial charge on any atom is -0.467 e. The van der Waals surface area contributed by atoms with E-state index in [0.29, 0.717) is 23.4 Å². The van der Waals surface area contributed by atoms with Crippen LogP contribution in [0.2, 0.25) is 5.02 Å². The van der Waals surface area contributed by atoms with E-state index in [4.69, 9.17) is 16.3 Å². The van der Waals surface area contributed by atoms with Gasteiger partial charge in [-0.05, 0) is 23.9 Å². The Hall–Kier alpha value is -1.33. The van der Waals surface area contributed by atoms with Crippen LogP contribution in [0.3, 0.4) is 0 Å². The van der Waals surface area contributed by atoms with Gasteiger partial charge in [-0.25, -0.2) is 4.98 Å². The van der Waals surface area contributed by atoms with Crippen molar-refractivity contribution in [2.45, 2.75) is 13.5 Å². The average Bonchev–Trinajstić information content (AvgIpc) is 2.74. The summed E-state index contributed by atoms with van der Waals surface area (Å²) in [4.78, 5) is 9.33. The molecule has 0 aliphatic heterocycles. The normalized spacial score (nSPS) is 10.3. The molecule has 2 aromatic heterocycles. The number of hydrogen-bond donors (Lipinski definition) is 1. The lowest BCUT2D eigenvalue weighted by Gasteiger charge is -2.07. The molecule has 90 valence electrons. The van der Waals surface area contributed by atoms with Gasteiger partial charge in [0.2, 0.25) is 0 Å². The Morgan fingerprint density at radius 3 is 3.00 bits per heavy atom. The molecule has 0 aliphatic rings. The molecule has 0 radical (unpaired) electrons. The van der Waals surface area contributed by atoms with Gasteiger partial charge in [-0.3, -0.25) is 0 Å². The average molecular weight is 270 g/mol. The maximum absolute atomic E-state index is 5.99. The van der Waals surface area contributed by atoms with E-state index in [1.807, 2.05) is 0 Å². The Bertz CT molecular complexity index is 515. The molecule has 2 heterocycles. The second-order valence-corrected chi connectivity index (χ2v) is 4.84. The number of halogens is 1. The van der Waals surface area contributed by atoms with Gasteiger partial charge in [-0.15, -0.1) is 11.3 Å². The molecular formula is C11H12ClN3OS. The predicted molar refractivity (Wildman–Crippen MR) is 70.0 cm³/mol. The Kier molecular flexibility index (Phi) is 3.81. The van der Waals surface area contributed by atoms with E-state index in [0.717, 1.165) is 0 Å². The first-order chi connectivity index (χ1) is 8.20. The van der Waals surface area contributed by atoms with E-state index in [9.17, 15) is 0 Å². The smallest absolute Gasteiger partial charge is 0.318 e. The fraction of sp³-hybridized carbons (Fsp3) is 0.273. The van der Waals surface area contributed by atoms with E-state index in [1.54, 1.807) is 11.3 Å². The van der Waals surface area contributed by atoms with Crippen molar-refractivity contribution in [3.63, 3.8) is 0 Å². The lowest BCUT2D eigenvalue weighted by Crippen LogP contribution is -2.03. The first-order valence-corrected chi connectivity index (χ1v) is 6.30. The number of methoxy groups -OCH3 is 1. The zero-order valence-electron chi connectivity index (χ0n) is 9.53. The highest BCUT2D eigenvalue weighted by Crippen LogP contribution is 2.22. The van der Waals surface area contributed by atoms with E-state index in [-0.39, 0.29) is 0 Å². The fourth-order valence-electron chi connectivity index (χ4n) is 1.32. The van der Waals surface area contributed by atoms with Crippen LogP contribution in [0.1, 0.15) is 10.4 Å². The molecule has 0 aromatic carbocycles. The van der Waals surface area contributed by atoms with E-state index < -0.39 is 0 Å². The van der Waals surface area contributed by atoms with Crippen molar-refractivity contribution in [3.05, 3.63) is 33.1 Å². The standard InChI is InChI=1S/C11H12ClN3OS/c1-7-3-4-17-9(7)6-13-10-8(12)5-14-11(15-10)16-2/h3-5H,6H2,1-2H3,(H,13,14,15). The van der Waals surface area contributed by atoms with Gasteiger partial charge >= 0.3 is 6.01 Å². The van der Waals surface area contributed by atoms with Crippen LogP contribution in [-0.2, 0) is 6.54 Å². The molecule has 6 heteroatoms. The van der Waals surface area contributed by atoms with Crippen LogP contribution in [0, 0.1) is 6.92 Å². The molecule has 0 bridgehead atoms. The quantitative estimate of drug-likeness (QED) is 0.926. The summed E-state index contributed by atoms with van der Waals surface area (Å²) in [7, 11) is 1.52. The molecule has 0 atom stereocenters. The van der Waals surface area contributed by atoms with Crippen molar-refractivity contribution in [2.24, 2.45) is 0 Å². The number of nitrogens with one attached hydrogen (secondary N) is 1. The largest absolute Gasteiger partial charge is 0.467 e. The van der Waals surface area contributed by atoms with E-state index >= 15 is 0 Å². The number of aromatic nitrogens is 2. The van der Waals surface area contributed by atoms with Crippen molar-refractivity contribution in [1.82, 2.24) is 9.97 Å². The molecule has 2 rings (SSSR count). The van der Waals surface area contributed by atoms with Gasteiger partial charge in [0.15, 0.2) is 5.82 Å². The van der Waals surface area contributed by atoms with E-state index in [1.165, 1.54) is 23.7 Å². The summed E-state index contributed by atoms with van der Waals surface area (Å²) in [5.41, 5.74) is 1.26. The van der Waals surface area contributed by atoms with Crippen LogP contribution in [0.25, 0.3) is 0 Å². The van der Waals surface area contributed by atoms with Crippen LogP contribution in [0.5, 0.6) is 6.01 Å². The van der Waals surface area contributed by atoms with Crippen LogP contribution >= 0.6 is 22.9 Å². The van der Waals surface area contributed by atoms with Gasteiger partial charge in [0.25, 0.3) is 0 Å². The second kappa shape index (κ2) is 5.33. The number of anilines is 1. The molecule has 17 heavy (non-hydrogen) atoms. The maximum Gasteiger partial charge on any atom is 0.318 e. The third kappa shape index (κ3) is 2.87. The molecule has 2 aromatic rings. The van der Waals surface area contributed by atoms with Gasteiger partial charge in [0.05, 0.1) is 19.9 Å². The van der Waals surface area contributed by atoms with Crippen molar-refractivity contribution >= 4 is 28.8 Å². The molecule has 0 saturated heterocycles. The number of nitrogens with zero attached hydrogens (tertiary/aromatic N) is 2. The summed E-state index contributed by atoms with van der Waals surface area (Å²) in [6.45, 7) is 2.78. The Balaban J connectivity index is 2.11. The SMILES string of the molecule is COc1ncc(Cl)c(NCc2sccc2C)n1. The number of ether oxygens (including phenoxy) is 1. The topological polar surface area (TPSA) is 47.0 Å². The summed E-state index contributed by atoms with van der Waals surface area (Å²) >= 11 is 7.70. The number of aryl methyl sites for hydroxylation is 1. The third-order valence-electron chi connectivity index (χ3n) is 2.29. The summed E-state index contributed by atoms with van der Waals surface area (Å²) in [5.74, 6) is 0.589. The lowest BCUT2D eigenvalue weighted by molar-refractivity contribution is 0.380. The van der Waals surface area contributed by atoms with Crippen molar-refractivity contribution in [2.75, 3.05) is 12.4 Å². The molecule has 1 N–H and O–H groups in total. The first kappa shape index (κ1) is 12.1. The lowest BCUT2D eigenvalue weighted by atomic mass is 10.3. The van der Waals surface area contributed by atoms with E-state index in [2.05, 4.69) is 33.7 Å². The van der Waals surface area contributed by atoms with Gasteiger partial charge in [0, 0.05) is 4.88 Å². The number of rotatable bonds is 4. The van der Waals surface area contributed by atoms with Gasteiger partial charge < -0.3 is 10.1 Å². The Labute approximate surface area is 109 Å². The third-order valence-corrected chi connectivity index (χ3v) is 3.59. The molecule has 0 amide bonds. The Morgan fingerprint density at radius 1 is 1.53 bits per heavy atom. The number of hydrogen-bond acceptors (Lipinski definition) is 5. The highest BCUT2D eigenvalue weighted by molar-refractivity contribution is 7.10. The molecule has 0 spiro atoms. The number of thiophene rings is 1. The summed E-state index contributed by atoms with van der Waals surface area (Å²) < 4.78 is 4.95. The molecule has 4 nitrogen and oxygen atoms in total. The van der Waals surface area contributed by atoms with Crippen LogP contribution in [0.4, 0.5) is 5.82 Å². The van der Waals surface area contributed by atoms with Crippen LogP contribution < -0.4 is 10.1 Å². The second-order valence-electron chi connectivity index (χ2n) is 3.43. The predicted octanol–water partition coefficient (Wildman–Crippen LogP) is 3.12. The highest BCUT2D eigenvalue weighted by atomic mass is 35.5. The maximum atomic E-state index is 5.99. The zero-order chi connectivity index (χ0) is 12.3. The van der Waals surface area contributed by atoms with Gasteiger partial charge in [-0.2, -0.15) is 4.98 Å². The van der Waals surface area contributed by atoms with Crippen molar-refractivity contribution < 1.29 is 4.74 Å². The van der Waals surface area contributed by atoms with Crippen LogP contribution in [0.15, 0.2) is 17.6 Å². The first-order valence-electron chi connectivity index (χ1n) is 5.04. The molecule has 0 saturated carbocycles.